The summed E-state index contributed by atoms with van der Waals surface area (Å²) in [6, 6.07) is 11.9. The zero-order valence-corrected chi connectivity index (χ0v) is 11.4. The van der Waals surface area contributed by atoms with Crippen molar-refractivity contribution in [2.45, 2.75) is 13.2 Å². The predicted octanol–water partition coefficient (Wildman–Crippen LogP) is 3.61. The molecule has 0 spiro atoms. The van der Waals surface area contributed by atoms with Crippen molar-refractivity contribution >= 4 is 17.3 Å². The molecule has 1 N–H and O–H groups in total. The number of hydrogen-bond donors (Lipinski definition) is 1. The maximum absolute atomic E-state index is 13.1. The molecule has 2 rings (SSSR count). The number of rotatable bonds is 4. The zero-order valence-electron chi connectivity index (χ0n) is 10.6. The van der Waals surface area contributed by atoms with E-state index < -0.39 is 0 Å². The van der Waals surface area contributed by atoms with Gasteiger partial charge in [-0.3, -0.25) is 0 Å². The first-order valence-corrected chi connectivity index (χ1v) is 6.33. The Kier molecular flexibility index (Phi) is 4.40. The molecular weight excluding hydrogens is 265 g/mol. The summed E-state index contributed by atoms with van der Waals surface area (Å²) in [4.78, 5) is 1.94. The van der Waals surface area contributed by atoms with Crippen molar-refractivity contribution in [2.24, 2.45) is 0 Å². The highest BCUT2D eigenvalue weighted by Crippen LogP contribution is 2.27. The predicted molar refractivity (Wildman–Crippen MR) is 75.9 cm³/mol. The number of halogens is 2. The minimum Gasteiger partial charge on any atom is -0.392 e. The van der Waals surface area contributed by atoms with Crippen LogP contribution >= 0.6 is 11.6 Å². The maximum atomic E-state index is 13.1. The molecule has 0 bridgehead atoms. The quantitative estimate of drug-likeness (QED) is 0.924. The molecule has 2 nitrogen and oxygen atoms in total. The molecule has 0 aliphatic rings. The van der Waals surface area contributed by atoms with E-state index in [0.717, 1.165) is 16.8 Å². The molecule has 4 heteroatoms. The van der Waals surface area contributed by atoms with Gasteiger partial charge in [0.1, 0.15) is 5.82 Å². The number of nitrogens with zero attached hydrogens (tertiary/aromatic N) is 1. The van der Waals surface area contributed by atoms with Crippen LogP contribution in [0, 0.1) is 5.82 Å². The van der Waals surface area contributed by atoms with Crippen LogP contribution in [0.5, 0.6) is 0 Å². The van der Waals surface area contributed by atoms with E-state index in [-0.39, 0.29) is 12.4 Å². The fourth-order valence-electron chi connectivity index (χ4n) is 1.95. The minimum absolute atomic E-state index is 0.0341. The molecule has 0 aliphatic carbocycles. The van der Waals surface area contributed by atoms with E-state index >= 15 is 0 Å². The first-order chi connectivity index (χ1) is 9.10. The van der Waals surface area contributed by atoms with E-state index in [4.69, 9.17) is 16.7 Å². The summed E-state index contributed by atoms with van der Waals surface area (Å²) in [5, 5.41) is 9.62. The fourth-order valence-corrected chi connectivity index (χ4v) is 2.30. The molecule has 100 valence electrons. The van der Waals surface area contributed by atoms with Crippen LogP contribution in [-0.2, 0) is 13.2 Å². The van der Waals surface area contributed by atoms with Gasteiger partial charge in [0.15, 0.2) is 0 Å². The van der Waals surface area contributed by atoms with Gasteiger partial charge < -0.3 is 10.0 Å². The summed E-state index contributed by atoms with van der Waals surface area (Å²) in [5.41, 5.74) is 2.50. The van der Waals surface area contributed by atoms with Crippen molar-refractivity contribution in [3.8, 4) is 0 Å². The monoisotopic (exact) mass is 279 g/mol. The Labute approximate surface area is 117 Å². The summed E-state index contributed by atoms with van der Waals surface area (Å²) in [5.74, 6) is -0.243. The van der Waals surface area contributed by atoms with Crippen molar-refractivity contribution in [3.05, 3.63) is 64.4 Å². The van der Waals surface area contributed by atoms with Gasteiger partial charge in [-0.2, -0.15) is 0 Å². The summed E-state index contributed by atoms with van der Waals surface area (Å²) in [6.45, 7) is 0.531. The van der Waals surface area contributed by atoms with E-state index in [1.54, 1.807) is 12.1 Å². The van der Waals surface area contributed by atoms with Crippen LogP contribution in [0.25, 0.3) is 0 Å². The van der Waals surface area contributed by atoms with Crippen molar-refractivity contribution in [3.63, 3.8) is 0 Å². The first-order valence-electron chi connectivity index (χ1n) is 5.95. The summed E-state index contributed by atoms with van der Waals surface area (Å²) >= 11 is 6.17. The largest absolute Gasteiger partial charge is 0.392 e. The molecule has 0 radical (unpaired) electrons. The van der Waals surface area contributed by atoms with Crippen LogP contribution in [0.3, 0.4) is 0 Å². The number of aliphatic hydroxyl groups is 1. The van der Waals surface area contributed by atoms with Gasteiger partial charge in [0.25, 0.3) is 0 Å². The SMILES string of the molecule is CN(Cc1cccc(F)c1)c1ccc(CO)cc1Cl. The highest BCUT2D eigenvalue weighted by atomic mass is 35.5. The van der Waals surface area contributed by atoms with Crippen molar-refractivity contribution in [1.82, 2.24) is 0 Å². The normalized spacial score (nSPS) is 10.5. The Balaban J connectivity index is 2.18. The lowest BCUT2D eigenvalue weighted by atomic mass is 10.1. The lowest BCUT2D eigenvalue weighted by molar-refractivity contribution is 0.282. The Morgan fingerprint density at radius 2 is 1.95 bits per heavy atom. The van der Waals surface area contributed by atoms with Gasteiger partial charge in [-0.15, -0.1) is 0 Å². The number of anilines is 1. The van der Waals surface area contributed by atoms with Gasteiger partial charge in [0.05, 0.1) is 17.3 Å². The van der Waals surface area contributed by atoms with Crippen LogP contribution in [0.4, 0.5) is 10.1 Å². The van der Waals surface area contributed by atoms with Crippen LogP contribution in [0.15, 0.2) is 42.5 Å². The van der Waals surface area contributed by atoms with Gasteiger partial charge in [-0.25, -0.2) is 4.39 Å². The lowest BCUT2D eigenvalue weighted by Crippen LogP contribution is -2.16. The minimum atomic E-state index is -0.243. The second kappa shape index (κ2) is 6.04. The third kappa shape index (κ3) is 3.46. The third-order valence-corrected chi connectivity index (χ3v) is 3.22. The lowest BCUT2D eigenvalue weighted by Gasteiger charge is -2.21. The van der Waals surface area contributed by atoms with E-state index in [0.29, 0.717) is 11.6 Å². The van der Waals surface area contributed by atoms with Gasteiger partial charge in [-0.1, -0.05) is 29.8 Å². The molecule has 2 aromatic rings. The van der Waals surface area contributed by atoms with Gasteiger partial charge in [0, 0.05) is 13.6 Å². The fraction of sp³-hybridized carbons (Fsp3) is 0.200. The number of aliphatic hydroxyl groups excluding tert-OH is 1. The van der Waals surface area contributed by atoms with Crippen LogP contribution < -0.4 is 4.90 Å². The van der Waals surface area contributed by atoms with E-state index in [1.807, 2.05) is 30.1 Å². The van der Waals surface area contributed by atoms with E-state index in [1.165, 1.54) is 12.1 Å². The van der Waals surface area contributed by atoms with Gasteiger partial charge in [-0.05, 0) is 35.4 Å². The summed E-state index contributed by atoms with van der Waals surface area (Å²) in [6.07, 6.45) is 0. The van der Waals surface area contributed by atoms with Crippen molar-refractivity contribution in [2.75, 3.05) is 11.9 Å². The number of benzene rings is 2. The molecule has 0 unspecified atom stereocenters. The Hall–Kier alpha value is -1.58. The van der Waals surface area contributed by atoms with Crippen LogP contribution in [0.2, 0.25) is 5.02 Å². The molecule has 0 aliphatic heterocycles. The molecule has 0 saturated heterocycles. The molecular formula is C15H15ClFNO. The maximum Gasteiger partial charge on any atom is 0.123 e. The molecule has 0 aromatic heterocycles. The molecule has 0 fully saturated rings. The van der Waals surface area contributed by atoms with Crippen molar-refractivity contribution < 1.29 is 9.50 Å². The van der Waals surface area contributed by atoms with Gasteiger partial charge in [0.2, 0.25) is 0 Å². The second-order valence-electron chi connectivity index (χ2n) is 4.43. The van der Waals surface area contributed by atoms with E-state index in [2.05, 4.69) is 0 Å². The molecule has 0 saturated carbocycles. The zero-order chi connectivity index (χ0) is 13.8. The Morgan fingerprint density at radius 1 is 1.16 bits per heavy atom. The van der Waals surface area contributed by atoms with Crippen LogP contribution in [0.1, 0.15) is 11.1 Å². The molecule has 0 atom stereocenters. The van der Waals surface area contributed by atoms with Gasteiger partial charge >= 0.3 is 0 Å². The standard InChI is InChI=1S/C15H15ClFNO/c1-18(9-11-3-2-4-13(17)7-11)15-6-5-12(10-19)8-14(15)16/h2-8,19H,9-10H2,1H3. The highest BCUT2D eigenvalue weighted by Gasteiger charge is 2.08. The number of hydrogen-bond acceptors (Lipinski definition) is 2. The smallest absolute Gasteiger partial charge is 0.123 e. The summed E-state index contributed by atoms with van der Waals surface area (Å²) in [7, 11) is 1.89. The Morgan fingerprint density at radius 3 is 2.58 bits per heavy atom. The molecule has 2 aromatic carbocycles. The molecule has 0 heterocycles. The van der Waals surface area contributed by atoms with Crippen molar-refractivity contribution in [1.29, 1.82) is 0 Å². The average Bonchev–Trinajstić information content (AvgIpc) is 2.38. The third-order valence-electron chi connectivity index (χ3n) is 2.91. The second-order valence-corrected chi connectivity index (χ2v) is 4.84. The molecule has 0 amide bonds. The molecule has 19 heavy (non-hydrogen) atoms. The highest BCUT2D eigenvalue weighted by molar-refractivity contribution is 6.33. The average molecular weight is 280 g/mol. The first kappa shape index (κ1) is 13.8. The summed E-state index contributed by atoms with van der Waals surface area (Å²) < 4.78 is 13.1. The topological polar surface area (TPSA) is 23.5 Å². The van der Waals surface area contributed by atoms with E-state index in [9.17, 15) is 4.39 Å². The van der Waals surface area contributed by atoms with Crippen LogP contribution in [-0.4, -0.2) is 12.2 Å². The Bertz CT molecular complexity index is 574.